The van der Waals surface area contributed by atoms with Crippen LogP contribution in [0.5, 0.6) is 0 Å². The van der Waals surface area contributed by atoms with Crippen molar-refractivity contribution in [3.63, 3.8) is 0 Å². The van der Waals surface area contributed by atoms with Crippen LogP contribution in [0.3, 0.4) is 0 Å². The first-order valence-electron chi connectivity index (χ1n) is 5.73. The van der Waals surface area contributed by atoms with Crippen molar-refractivity contribution >= 4 is 11.4 Å². The number of non-ortho nitro benzene ring substituents is 1. The Morgan fingerprint density at radius 1 is 1.11 bits per heavy atom. The highest BCUT2D eigenvalue weighted by molar-refractivity contribution is 5.51. The van der Waals surface area contributed by atoms with E-state index in [1.54, 1.807) is 12.1 Å². The SMILES string of the molecule is C#CC(Nc1ccc([N+](=O)[O-])cc1)c1ccccc1. The molecule has 4 nitrogen and oxygen atoms in total. The lowest BCUT2D eigenvalue weighted by Crippen LogP contribution is -2.08. The van der Waals surface area contributed by atoms with Crippen LogP contribution in [-0.2, 0) is 0 Å². The van der Waals surface area contributed by atoms with Crippen LogP contribution in [0.25, 0.3) is 0 Å². The number of hydrogen-bond acceptors (Lipinski definition) is 3. The summed E-state index contributed by atoms with van der Waals surface area (Å²) < 4.78 is 0. The molecule has 4 heteroatoms. The molecule has 94 valence electrons. The third-order valence-corrected chi connectivity index (χ3v) is 2.69. The first kappa shape index (κ1) is 12.7. The molecule has 0 heterocycles. The lowest BCUT2D eigenvalue weighted by Gasteiger charge is -2.14. The summed E-state index contributed by atoms with van der Waals surface area (Å²) in [4.78, 5) is 10.1. The Hall–Kier alpha value is -2.80. The van der Waals surface area contributed by atoms with Gasteiger partial charge in [0, 0.05) is 17.8 Å². The van der Waals surface area contributed by atoms with Crippen molar-refractivity contribution in [3.8, 4) is 12.3 Å². The van der Waals surface area contributed by atoms with Gasteiger partial charge in [-0.15, -0.1) is 6.42 Å². The van der Waals surface area contributed by atoms with E-state index in [2.05, 4.69) is 11.2 Å². The van der Waals surface area contributed by atoms with Gasteiger partial charge in [-0.05, 0) is 17.7 Å². The van der Waals surface area contributed by atoms with Crippen molar-refractivity contribution in [1.82, 2.24) is 0 Å². The van der Waals surface area contributed by atoms with Crippen LogP contribution in [0.1, 0.15) is 11.6 Å². The van der Waals surface area contributed by atoms with Gasteiger partial charge < -0.3 is 5.32 Å². The highest BCUT2D eigenvalue weighted by Crippen LogP contribution is 2.21. The van der Waals surface area contributed by atoms with Gasteiger partial charge in [-0.1, -0.05) is 36.3 Å². The molecule has 1 unspecified atom stereocenters. The lowest BCUT2D eigenvalue weighted by molar-refractivity contribution is -0.384. The molecule has 1 atom stereocenters. The molecule has 0 spiro atoms. The van der Waals surface area contributed by atoms with E-state index in [1.165, 1.54) is 12.1 Å². The second-order valence-electron chi connectivity index (χ2n) is 3.96. The number of nitrogens with one attached hydrogen (secondary N) is 1. The summed E-state index contributed by atoms with van der Waals surface area (Å²) in [7, 11) is 0. The number of anilines is 1. The number of benzene rings is 2. The van der Waals surface area contributed by atoms with Gasteiger partial charge in [-0.3, -0.25) is 10.1 Å². The van der Waals surface area contributed by atoms with Crippen molar-refractivity contribution in [2.75, 3.05) is 5.32 Å². The minimum atomic E-state index is -0.431. The minimum absolute atomic E-state index is 0.0579. The standard InChI is InChI=1S/C15H12N2O2/c1-2-15(12-6-4-3-5-7-12)16-13-8-10-14(11-9-13)17(18)19/h1,3-11,15-16H. The zero-order chi connectivity index (χ0) is 13.7. The van der Waals surface area contributed by atoms with Gasteiger partial charge in [0.05, 0.1) is 4.92 Å². The Balaban J connectivity index is 2.16. The Bertz CT molecular complexity index is 600. The Labute approximate surface area is 111 Å². The largest absolute Gasteiger partial charge is 0.368 e. The van der Waals surface area contributed by atoms with Crippen LogP contribution < -0.4 is 5.32 Å². The maximum absolute atomic E-state index is 10.6. The summed E-state index contributed by atoms with van der Waals surface area (Å²) in [5.41, 5.74) is 1.78. The van der Waals surface area contributed by atoms with E-state index in [0.29, 0.717) is 0 Å². The highest BCUT2D eigenvalue weighted by atomic mass is 16.6. The molecule has 0 fully saturated rings. The summed E-state index contributed by atoms with van der Waals surface area (Å²) >= 11 is 0. The van der Waals surface area contributed by atoms with Crippen molar-refractivity contribution in [3.05, 3.63) is 70.3 Å². The van der Waals surface area contributed by atoms with Crippen molar-refractivity contribution < 1.29 is 4.92 Å². The predicted octanol–water partition coefficient (Wildman–Crippen LogP) is 3.38. The van der Waals surface area contributed by atoms with Gasteiger partial charge in [-0.2, -0.15) is 0 Å². The number of nitrogens with zero attached hydrogens (tertiary/aromatic N) is 1. The van der Waals surface area contributed by atoms with Crippen LogP contribution in [0.2, 0.25) is 0 Å². The minimum Gasteiger partial charge on any atom is -0.368 e. The van der Waals surface area contributed by atoms with E-state index in [1.807, 2.05) is 30.3 Å². The van der Waals surface area contributed by atoms with Gasteiger partial charge >= 0.3 is 0 Å². The second kappa shape index (κ2) is 5.69. The van der Waals surface area contributed by atoms with Crippen LogP contribution in [0.4, 0.5) is 11.4 Å². The van der Waals surface area contributed by atoms with Gasteiger partial charge in [-0.25, -0.2) is 0 Å². The third-order valence-electron chi connectivity index (χ3n) is 2.69. The van der Waals surface area contributed by atoms with Crippen molar-refractivity contribution in [1.29, 1.82) is 0 Å². The summed E-state index contributed by atoms with van der Waals surface area (Å²) in [6.07, 6.45) is 5.51. The molecule has 0 aromatic heterocycles. The monoisotopic (exact) mass is 252 g/mol. The van der Waals surface area contributed by atoms with Crippen molar-refractivity contribution in [2.45, 2.75) is 6.04 Å². The number of hydrogen-bond donors (Lipinski definition) is 1. The lowest BCUT2D eigenvalue weighted by atomic mass is 10.1. The van der Waals surface area contributed by atoms with Gasteiger partial charge in [0.25, 0.3) is 5.69 Å². The van der Waals surface area contributed by atoms with Crippen LogP contribution >= 0.6 is 0 Å². The van der Waals surface area contributed by atoms with E-state index >= 15 is 0 Å². The molecule has 0 saturated carbocycles. The van der Waals surface area contributed by atoms with E-state index in [-0.39, 0.29) is 11.7 Å². The fourth-order valence-corrected chi connectivity index (χ4v) is 1.71. The van der Waals surface area contributed by atoms with E-state index < -0.39 is 4.92 Å². The van der Waals surface area contributed by atoms with E-state index in [4.69, 9.17) is 6.42 Å². The Morgan fingerprint density at radius 3 is 2.26 bits per heavy atom. The van der Waals surface area contributed by atoms with Gasteiger partial charge in [0.2, 0.25) is 0 Å². The summed E-state index contributed by atoms with van der Waals surface area (Å²) in [5.74, 6) is 2.66. The molecule has 0 radical (unpaired) electrons. The maximum atomic E-state index is 10.6. The summed E-state index contributed by atoms with van der Waals surface area (Å²) in [6.45, 7) is 0. The quantitative estimate of drug-likeness (QED) is 0.515. The molecular weight excluding hydrogens is 240 g/mol. The second-order valence-corrected chi connectivity index (χ2v) is 3.96. The average Bonchev–Trinajstić information content (AvgIpc) is 2.46. The predicted molar refractivity (Wildman–Crippen MR) is 74.7 cm³/mol. The molecule has 0 bridgehead atoms. The fraction of sp³-hybridized carbons (Fsp3) is 0.0667. The topological polar surface area (TPSA) is 55.2 Å². The number of terminal acetylenes is 1. The number of nitro groups is 1. The smallest absolute Gasteiger partial charge is 0.269 e. The first-order chi connectivity index (χ1) is 9.20. The molecule has 2 aromatic rings. The zero-order valence-corrected chi connectivity index (χ0v) is 10.1. The molecule has 2 rings (SSSR count). The van der Waals surface area contributed by atoms with Crippen LogP contribution in [0.15, 0.2) is 54.6 Å². The summed E-state index contributed by atoms with van der Waals surface area (Å²) in [5, 5.41) is 13.7. The van der Waals surface area contributed by atoms with E-state index in [9.17, 15) is 10.1 Å². The molecule has 0 amide bonds. The molecule has 0 aliphatic rings. The fourth-order valence-electron chi connectivity index (χ4n) is 1.71. The van der Waals surface area contributed by atoms with Crippen molar-refractivity contribution in [2.24, 2.45) is 0 Å². The molecule has 0 saturated heterocycles. The normalized spacial score (nSPS) is 11.3. The van der Waals surface area contributed by atoms with Crippen LogP contribution in [-0.4, -0.2) is 4.92 Å². The summed E-state index contributed by atoms with van der Waals surface area (Å²) in [6, 6.07) is 15.5. The average molecular weight is 252 g/mol. The van der Waals surface area contributed by atoms with E-state index in [0.717, 1.165) is 11.3 Å². The first-order valence-corrected chi connectivity index (χ1v) is 5.73. The van der Waals surface area contributed by atoms with Crippen LogP contribution in [0, 0.1) is 22.5 Å². The number of rotatable bonds is 4. The highest BCUT2D eigenvalue weighted by Gasteiger charge is 2.09. The number of nitro benzene ring substituents is 1. The zero-order valence-electron chi connectivity index (χ0n) is 10.1. The molecule has 0 aliphatic heterocycles. The molecular formula is C15H12N2O2. The molecule has 19 heavy (non-hydrogen) atoms. The van der Waals surface area contributed by atoms with Gasteiger partial charge in [0.15, 0.2) is 0 Å². The Kier molecular flexibility index (Phi) is 3.79. The maximum Gasteiger partial charge on any atom is 0.269 e. The molecule has 1 N–H and O–H groups in total. The molecule has 2 aromatic carbocycles. The Morgan fingerprint density at radius 2 is 1.74 bits per heavy atom. The van der Waals surface area contributed by atoms with Gasteiger partial charge in [0.1, 0.15) is 6.04 Å². The molecule has 0 aliphatic carbocycles. The third kappa shape index (κ3) is 3.11.